The first kappa shape index (κ1) is 15.8. The predicted molar refractivity (Wildman–Crippen MR) is 104 cm³/mol. The first-order valence-corrected chi connectivity index (χ1v) is 9.07. The molecule has 5 heteroatoms. The SMILES string of the molecule is Cc1ccc2[nH]c(C)c(CC(=O)Nc3nc4c(C)cccc4s3)c2c1. The van der Waals surface area contributed by atoms with E-state index in [2.05, 4.69) is 40.4 Å². The van der Waals surface area contributed by atoms with E-state index in [4.69, 9.17) is 0 Å². The minimum atomic E-state index is -0.0396. The number of anilines is 1. The van der Waals surface area contributed by atoms with Crippen LogP contribution in [0.4, 0.5) is 5.13 Å². The number of rotatable bonds is 3. The molecule has 2 N–H and O–H groups in total. The van der Waals surface area contributed by atoms with Gasteiger partial charge in [0.15, 0.2) is 5.13 Å². The van der Waals surface area contributed by atoms with Crippen LogP contribution in [0.2, 0.25) is 0 Å². The Bertz CT molecular complexity index is 1110. The summed E-state index contributed by atoms with van der Waals surface area (Å²) in [5.41, 5.74) is 6.43. The molecule has 4 rings (SSSR count). The Labute approximate surface area is 149 Å². The van der Waals surface area contributed by atoms with Crippen molar-refractivity contribution in [2.45, 2.75) is 27.2 Å². The van der Waals surface area contributed by atoms with E-state index in [1.54, 1.807) is 0 Å². The third kappa shape index (κ3) is 2.91. The Hall–Kier alpha value is -2.66. The van der Waals surface area contributed by atoms with Crippen LogP contribution in [0, 0.1) is 20.8 Å². The lowest BCUT2D eigenvalue weighted by atomic mass is 10.1. The van der Waals surface area contributed by atoms with Gasteiger partial charge in [0.1, 0.15) is 0 Å². The molecule has 126 valence electrons. The summed E-state index contributed by atoms with van der Waals surface area (Å²) in [5.74, 6) is -0.0396. The molecule has 0 saturated heterocycles. The summed E-state index contributed by atoms with van der Waals surface area (Å²) in [6.45, 7) is 6.11. The highest BCUT2D eigenvalue weighted by atomic mass is 32.1. The molecule has 0 aliphatic carbocycles. The molecule has 0 unspecified atom stereocenters. The summed E-state index contributed by atoms with van der Waals surface area (Å²) >= 11 is 1.51. The number of aromatic amines is 1. The van der Waals surface area contributed by atoms with Crippen LogP contribution < -0.4 is 5.32 Å². The topological polar surface area (TPSA) is 57.8 Å². The highest BCUT2D eigenvalue weighted by Gasteiger charge is 2.14. The number of para-hydroxylation sites is 1. The molecule has 0 saturated carbocycles. The fourth-order valence-corrected chi connectivity index (χ4v) is 4.15. The van der Waals surface area contributed by atoms with Gasteiger partial charge in [0.25, 0.3) is 0 Å². The van der Waals surface area contributed by atoms with Crippen LogP contribution in [0.3, 0.4) is 0 Å². The van der Waals surface area contributed by atoms with Crippen LogP contribution >= 0.6 is 11.3 Å². The molecule has 0 aliphatic heterocycles. The highest BCUT2D eigenvalue weighted by molar-refractivity contribution is 7.22. The predicted octanol–water partition coefficient (Wildman–Crippen LogP) is 4.88. The first-order chi connectivity index (χ1) is 12.0. The Morgan fingerprint density at radius 1 is 1.20 bits per heavy atom. The van der Waals surface area contributed by atoms with Gasteiger partial charge in [-0.2, -0.15) is 0 Å². The van der Waals surface area contributed by atoms with E-state index in [-0.39, 0.29) is 5.91 Å². The van der Waals surface area contributed by atoms with Gasteiger partial charge in [-0.25, -0.2) is 4.98 Å². The minimum absolute atomic E-state index is 0.0396. The van der Waals surface area contributed by atoms with E-state index in [0.29, 0.717) is 11.6 Å². The zero-order valence-electron chi connectivity index (χ0n) is 14.4. The van der Waals surface area contributed by atoms with Crippen molar-refractivity contribution in [2.75, 3.05) is 5.32 Å². The maximum atomic E-state index is 12.6. The Kier molecular flexibility index (Phi) is 3.81. The smallest absolute Gasteiger partial charge is 0.230 e. The number of nitrogens with zero attached hydrogens (tertiary/aromatic N) is 1. The second kappa shape index (κ2) is 6.01. The molecule has 0 atom stereocenters. The van der Waals surface area contributed by atoms with Crippen LogP contribution in [0.1, 0.15) is 22.4 Å². The maximum Gasteiger partial charge on any atom is 0.230 e. The van der Waals surface area contributed by atoms with E-state index < -0.39 is 0 Å². The van der Waals surface area contributed by atoms with Crippen LogP contribution in [0.5, 0.6) is 0 Å². The van der Waals surface area contributed by atoms with E-state index in [0.717, 1.165) is 37.9 Å². The number of benzene rings is 2. The number of nitrogens with one attached hydrogen (secondary N) is 2. The number of H-pyrrole nitrogens is 1. The fourth-order valence-electron chi connectivity index (χ4n) is 3.19. The van der Waals surface area contributed by atoms with Gasteiger partial charge in [0.2, 0.25) is 5.91 Å². The summed E-state index contributed by atoms with van der Waals surface area (Å²) in [5, 5.41) is 4.73. The molecule has 2 heterocycles. The molecular weight excluding hydrogens is 330 g/mol. The first-order valence-electron chi connectivity index (χ1n) is 8.25. The molecule has 0 radical (unpaired) electrons. The van der Waals surface area contributed by atoms with Gasteiger partial charge in [0.05, 0.1) is 16.6 Å². The Balaban J connectivity index is 1.60. The van der Waals surface area contributed by atoms with Crippen LogP contribution in [0.15, 0.2) is 36.4 Å². The fraction of sp³-hybridized carbons (Fsp3) is 0.200. The van der Waals surface area contributed by atoms with Crippen LogP contribution in [-0.2, 0) is 11.2 Å². The van der Waals surface area contributed by atoms with E-state index >= 15 is 0 Å². The molecule has 1 amide bonds. The Morgan fingerprint density at radius 2 is 2.04 bits per heavy atom. The van der Waals surface area contributed by atoms with Crippen LogP contribution in [0.25, 0.3) is 21.1 Å². The van der Waals surface area contributed by atoms with Crippen molar-refractivity contribution in [3.05, 3.63) is 58.8 Å². The maximum absolute atomic E-state index is 12.6. The third-order valence-electron chi connectivity index (χ3n) is 4.48. The van der Waals surface area contributed by atoms with Crippen molar-refractivity contribution in [1.82, 2.24) is 9.97 Å². The molecule has 4 nitrogen and oxygen atoms in total. The number of carbonyl (C=O) groups is 1. The van der Waals surface area contributed by atoms with Gasteiger partial charge in [-0.05, 0) is 50.1 Å². The van der Waals surface area contributed by atoms with E-state index in [1.807, 2.05) is 32.0 Å². The van der Waals surface area contributed by atoms with Gasteiger partial charge in [-0.3, -0.25) is 4.79 Å². The molecule has 4 aromatic rings. The third-order valence-corrected chi connectivity index (χ3v) is 5.42. The molecule has 0 aliphatic rings. The molecule has 0 fully saturated rings. The van der Waals surface area contributed by atoms with Crippen LogP contribution in [-0.4, -0.2) is 15.9 Å². The van der Waals surface area contributed by atoms with Crippen molar-refractivity contribution >= 4 is 43.5 Å². The summed E-state index contributed by atoms with van der Waals surface area (Å²) in [6, 6.07) is 12.3. The normalized spacial score (nSPS) is 11.3. The zero-order valence-corrected chi connectivity index (χ0v) is 15.3. The molecule has 2 aromatic heterocycles. The van der Waals surface area contributed by atoms with Gasteiger partial charge in [-0.1, -0.05) is 35.1 Å². The monoisotopic (exact) mass is 349 g/mol. The van der Waals surface area contributed by atoms with Crippen molar-refractivity contribution < 1.29 is 4.79 Å². The minimum Gasteiger partial charge on any atom is -0.358 e. The van der Waals surface area contributed by atoms with Crippen molar-refractivity contribution in [1.29, 1.82) is 0 Å². The van der Waals surface area contributed by atoms with Gasteiger partial charge in [0, 0.05) is 16.6 Å². The summed E-state index contributed by atoms with van der Waals surface area (Å²) in [4.78, 5) is 20.5. The average Bonchev–Trinajstić information content (AvgIpc) is 3.10. The molecule has 25 heavy (non-hydrogen) atoms. The number of fused-ring (bicyclic) bond motifs is 2. The lowest BCUT2D eigenvalue weighted by Gasteiger charge is -2.03. The second-order valence-electron chi connectivity index (χ2n) is 6.44. The van der Waals surface area contributed by atoms with Gasteiger partial charge < -0.3 is 10.3 Å². The number of hydrogen-bond acceptors (Lipinski definition) is 3. The Morgan fingerprint density at radius 3 is 2.84 bits per heavy atom. The molecule has 0 bridgehead atoms. The number of aromatic nitrogens is 2. The zero-order chi connectivity index (χ0) is 17.6. The second-order valence-corrected chi connectivity index (χ2v) is 7.47. The number of carbonyl (C=O) groups excluding carboxylic acids is 1. The number of aryl methyl sites for hydroxylation is 3. The summed E-state index contributed by atoms with van der Waals surface area (Å²) in [7, 11) is 0. The number of amides is 1. The van der Waals surface area contributed by atoms with Crippen molar-refractivity contribution in [3.63, 3.8) is 0 Å². The highest BCUT2D eigenvalue weighted by Crippen LogP contribution is 2.28. The molecule has 0 spiro atoms. The number of thiazole rings is 1. The lowest BCUT2D eigenvalue weighted by molar-refractivity contribution is -0.115. The van der Waals surface area contributed by atoms with E-state index in [1.165, 1.54) is 16.9 Å². The van der Waals surface area contributed by atoms with Crippen molar-refractivity contribution in [2.24, 2.45) is 0 Å². The van der Waals surface area contributed by atoms with Gasteiger partial charge in [-0.15, -0.1) is 0 Å². The van der Waals surface area contributed by atoms with E-state index in [9.17, 15) is 4.79 Å². The lowest BCUT2D eigenvalue weighted by Crippen LogP contribution is -2.14. The molecular formula is C20H19N3OS. The number of hydrogen-bond donors (Lipinski definition) is 2. The standard InChI is InChI=1S/C20H19N3OS/c1-11-7-8-16-15(9-11)14(13(3)21-16)10-18(24)22-20-23-19-12(2)5-4-6-17(19)25-20/h4-9,21H,10H2,1-3H3,(H,22,23,24). The summed E-state index contributed by atoms with van der Waals surface area (Å²) < 4.78 is 1.09. The van der Waals surface area contributed by atoms with Gasteiger partial charge >= 0.3 is 0 Å². The summed E-state index contributed by atoms with van der Waals surface area (Å²) in [6.07, 6.45) is 0.337. The quantitative estimate of drug-likeness (QED) is 0.553. The average molecular weight is 349 g/mol. The molecule has 2 aromatic carbocycles. The largest absolute Gasteiger partial charge is 0.358 e. The van der Waals surface area contributed by atoms with Crippen molar-refractivity contribution in [3.8, 4) is 0 Å².